The molecular formula is C23H28N4O2. The molecule has 29 heavy (non-hydrogen) atoms. The molecule has 2 amide bonds. The molecule has 1 aliphatic heterocycles. The molecule has 0 saturated carbocycles. The topological polar surface area (TPSA) is 64.7 Å². The van der Waals surface area contributed by atoms with Crippen molar-refractivity contribution in [2.75, 3.05) is 51.6 Å². The number of hydrogen-bond acceptors (Lipinski definition) is 4. The van der Waals surface area contributed by atoms with Crippen LogP contribution < -0.4 is 10.6 Å². The Bertz CT molecular complexity index is 843. The molecule has 2 N–H and O–H groups in total. The summed E-state index contributed by atoms with van der Waals surface area (Å²) in [5.74, 6) is -0.227. The number of nitrogens with one attached hydrogen (secondary N) is 2. The number of benzene rings is 2. The third-order valence-corrected chi connectivity index (χ3v) is 4.94. The first-order valence-electron chi connectivity index (χ1n) is 9.92. The number of anilines is 1. The Labute approximate surface area is 172 Å². The summed E-state index contributed by atoms with van der Waals surface area (Å²) in [4.78, 5) is 28.6. The van der Waals surface area contributed by atoms with Gasteiger partial charge in [-0.3, -0.25) is 19.4 Å². The molecule has 152 valence electrons. The lowest BCUT2D eigenvalue weighted by molar-refractivity contribution is -0.117. The van der Waals surface area contributed by atoms with Crippen LogP contribution in [0.25, 0.3) is 6.08 Å². The van der Waals surface area contributed by atoms with Crippen molar-refractivity contribution in [3.8, 4) is 0 Å². The van der Waals surface area contributed by atoms with E-state index in [0.29, 0.717) is 17.8 Å². The Morgan fingerprint density at radius 1 is 0.966 bits per heavy atom. The van der Waals surface area contributed by atoms with Crippen molar-refractivity contribution in [1.29, 1.82) is 0 Å². The van der Waals surface area contributed by atoms with Crippen LogP contribution in [0.5, 0.6) is 0 Å². The number of carbonyl (C=O) groups is 2. The maximum atomic E-state index is 12.4. The fourth-order valence-corrected chi connectivity index (χ4v) is 3.32. The number of rotatable bonds is 7. The monoisotopic (exact) mass is 392 g/mol. The van der Waals surface area contributed by atoms with Gasteiger partial charge in [0.1, 0.15) is 0 Å². The molecule has 0 aliphatic carbocycles. The summed E-state index contributed by atoms with van der Waals surface area (Å²) >= 11 is 0. The molecule has 1 aliphatic rings. The molecule has 0 bridgehead atoms. The summed E-state index contributed by atoms with van der Waals surface area (Å²) in [7, 11) is 1.59. The second kappa shape index (κ2) is 10.5. The molecule has 1 fully saturated rings. The van der Waals surface area contributed by atoms with Gasteiger partial charge in [0.25, 0.3) is 5.91 Å². The first-order valence-corrected chi connectivity index (χ1v) is 9.92. The second-order valence-electron chi connectivity index (χ2n) is 7.10. The molecule has 0 radical (unpaired) electrons. The van der Waals surface area contributed by atoms with Gasteiger partial charge in [-0.15, -0.1) is 0 Å². The first-order chi connectivity index (χ1) is 14.1. The van der Waals surface area contributed by atoms with Crippen LogP contribution in [0, 0.1) is 0 Å². The molecule has 6 heteroatoms. The first kappa shape index (κ1) is 20.8. The summed E-state index contributed by atoms with van der Waals surface area (Å²) in [6.45, 7) is 4.89. The average molecular weight is 393 g/mol. The minimum absolute atomic E-state index is 0.0588. The lowest BCUT2D eigenvalue weighted by Crippen LogP contribution is -2.48. The summed E-state index contributed by atoms with van der Waals surface area (Å²) in [6, 6.07) is 17.3. The van der Waals surface area contributed by atoms with Gasteiger partial charge in [0.15, 0.2) is 0 Å². The molecule has 0 aromatic heterocycles. The number of amides is 2. The van der Waals surface area contributed by atoms with Gasteiger partial charge in [0.05, 0.1) is 6.54 Å². The van der Waals surface area contributed by atoms with Gasteiger partial charge in [0, 0.05) is 51.0 Å². The van der Waals surface area contributed by atoms with Crippen LogP contribution in [-0.4, -0.2) is 67.9 Å². The van der Waals surface area contributed by atoms with Gasteiger partial charge < -0.3 is 10.6 Å². The molecule has 0 spiro atoms. The van der Waals surface area contributed by atoms with Crippen molar-refractivity contribution < 1.29 is 9.59 Å². The Kier molecular flexibility index (Phi) is 7.55. The maximum Gasteiger partial charge on any atom is 0.251 e. The molecule has 0 atom stereocenters. The predicted molar refractivity (Wildman–Crippen MR) is 117 cm³/mol. The third kappa shape index (κ3) is 6.55. The number of carbonyl (C=O) groups excluding carboxylic acids is 2. The van der Waals surface area contributed by atoms with E-state index in [9.17, 15) is 9.59 Å². The van der Waals surface area contributed by atoms with Gasteiger partial charge in [-0.1, -0.05) is 48.6 Å². The van der Waals surface area contributed by atoms with E-state index in [0.717, 1.165) is 32.7 Å². The Morgan fingerprint density at radius 2 is 1.69 bits per heavy atom. The lowest BCUT2D eigenvalue weighted by Gasteiger charge is -2.33. The largest absolute Gasteiger partial charge is 0.355 e. The fourth-order valence-electron chi connectivity index (χ4n) is 3.32. The van der Waals surface area contributed by atoms with E-state index in [1.54, 1.807) is 31.3 Å². The molecule has 1 heterocycles. The fraction of sp³-hybridized carbons (Fsp3) is 0.304. The van der Waals surface area contributed by atoms with Crippen molar-refractivity contribution in [2.24, 2.45) is 0 Å². The normalized spacial score (nSPS) is 15.3. The summed E-state index contributed by atoms with van der Waals surface area (Å²) in [5.41, 5.74) is 2.38. The van der Waals surface area contributed by atoms with E-state index in [-0.39, 0.29) is 11.8 Å². The highest BCUT2D eigenvalue weighted by atomic mass is 16.2. The molecule has 2 aromatic rings. The van der Waals surface area contributed by atoms with E-state index in [1.165, 1.54) is 5.56 Å². The highest BCUT2D eigenvalue weighted by Crippen LogP contribution is 2.11. The lowest BCUT2D eigenvalue weighted by atomic mass is 10.2. The molecule has 2 aromatic carbocycles. The van der Waals surface area contributed by atoms with Crippen LogP contribution in [0.2, 0.25) is 0 Å². The highest BCUT2D eigenvalue weighted by molar-refractivity contribution is 5.97. The highest BCUT2D eigenvalue weighted by Gasteiger charge is 2.18. The van der Waals surface area contributed by atoms with Crippen LogP contribution in [0.1, 0.15) is 15.9 Å². The average Bonchev–Trinajstić information content (AvgIpc) is 2.75. The third-order valence-electron chi connectivity index (χ3n) is 4.94. The van der Waals surface area contributed by atoms with Gasteiger partial charge in [0.2, 0.25) is 5.91 Å². The van der Waals surface area contributed by atoms with Crippen LogP contribution in [0.3, 0.4) is 0 Å². The van der Waals surface area contributed by atoms with Gasteiger partial charge in [-0.05, 0) is 23.8 Å². The Morgan fingerprint density at radius 3 is 2.41 bits per heavy atom. The van der Waals surface area contributed by atoms with Crippen LogP contribution in [0.4, 0.5) is 5.69 Å². The van der Waals surface area contributed by atoms with Crippen molar-refractivity contribution >= 4 is 23.6 Å². The Balaban J connectivity index is 1.40. The van der Waals surface area contributed by atoms with E-state index in [4.69, 9.17) is 0 Å². The van der Waals surface area contributed by atoms with E-state index >= 15 is 0 Å². The standard InChI is InChI=1S/C23H28N4O2/c1-24-23(29)20-10-5-11-21(17-20)25-22(28)18-27-15-13-26(14-16-27)12-6-9-19-7-3-2-4-8-19/h2-11,17H,12-16,18H2,1H3,(H,24,29)(H,25,28)/b9-6+. The van der Waals surface area contributed by atoms with Crippen molar-refractivity contribution in [2.45, 2.75) is 0 Å². The Hall–Kier alpha value is -2.96. The van der Waals surface area contributed by atoms with Gasteiger partial charge in [-0.2, -0.15) is 0 Å². The molecule has 3 rings (SSSR count). The number of nitrogens with zero attached hydrogens (tertiary/aromatic N) is 2. The van der Waals surface area contributed by atoms with Crippen molar-refractivity contribution in [3.05, 3.63) is 71.8 Å². The van der Waals surface area contributed by atoms with Crippen molar-refractivity contribution in [3.63, 3.8) is 0 Å². The quantitative estimate of drug-likeness (QED) is 0.759. The minimum atomic E-state index is -0.168. The van der Waals surface area contributed by atoms with E-state index in [1.807, 2.05) is 18.2 Å². The minimum Gasteiger partial charge on any atom is -0.355 e. The zero-order valence-electron chi connectivity index (χ0n) is 16.8. The van der Waals surface area contributed by atoms with E-state index in [2.05, 4.69) is 44.7 Å². The zero-order chi connectivity index (χ0) is 20.5. The molecule has 1 saturated heterocycles. The number of hydrogen-bond donors (Lipinski definition) is 2. The predicted octanol–water partition coefficient (Wildman–Crippen LogP) is 2.32. The zero-order valence-corrected chi connectivity index (χ0v) is 16.8. The van der Waals surface area contributed by atoms with Crippen LogP contribution >= 0.6 is 0 Å². The molecule has 6 nitrogen and oxygen atoms in total. The summed E-state index contributed by atoms with van der Waals surface area (Å²) in [5, 5.41) is 5.47. The SMILES string of the molecule is CNC(=O)c1cccc(NC(=O)CN2CCN(C/C=C/c3ccccc3)CC2)c1. The van der Waals surface area contributed by atoms with E-state index < -0.39 is 0 Å². The summed E-state index contributed by atoms with van der Waals surface area (Å²) < 4.78 is 0. The maximum absolute atomic E-state index is 12.4. The van der Waals surface area contributed by atoms with Gasteiger partial charge >= 0.3 is 0 Å². The van der Waals surface area contributed by atoms with Gasteiger partial charge in [-0.25, -0.2) is 0 Å². The van der Waals surface area contributed by atoms with Crippen molar-refractivity contribution in [1.82, 2.24) is 15.1 Å². The summed E-state index contributed by atoms with van der Waals surface area (Å²) in [6.07, 6.45) is 4.34. The smallest absolute Gasteiger partial charge is 0.251 e. The molecule has 0 unspecified atom stereocenters. The number of piperazine rings is 1. The second-order valence-corrected chi connectivity index (χ2v) is 7.10. The van der Waals surface area contributed by atoms with Crippen LogP contribution in [-0.2, 0) is 4.79 Å². The van der Waals surface area contributed by atoms with Crippen LogP contribution in [0.15, 0.2) is 60.7 Å². The molecular weight excluding hydrogens is 364 g/mol.